The van der Waals surface area contributed by atoms with Crippen molar-refractivity contribution < 1.29 is 4.79 Å². The summed E-state index contributed by atoms with van der Waals surface area (Å²) in [6, 6.07) is 0. The van der Waals surface area contributed by atoms with Crippen LogP contribution in [0.4, 0.5) is 0 Å². The van der Waals surface area contributed by atoms with Crippen LogP contribution in [0.2, 0.25) is 0 Å². The number of hydrogen-bond donors (Lipinski definition) is 2. The van der Waals surface area contributed by atoms with Gasteiger partial charge in [-0.2, -0.15) is 5.10 Å². The molecule has 1 unspecified atom stereocenters. The van der Waals surface area contributed by atoms with E-state index in [9.17, 15) is 4.79 Å². The number of amides is 1. The molecule has 7 nitrogen and oxygen atoms in total. The number of nitrogens with one attached hydrogen (secondary N) is 2. The van der Waals surface area contributed by atoms with Crippen LogP contribution < -0.4 is 10.6 Å². The van der Waals surface area contributed by atoms with Gasteiger partial charge in [-0.1, -0.05) is 33.1 Å². The molecule has 1 aromatic rings. The van der Waals surface area contributed by atoms with Crippen LogP contribution >= 0.6 is 24.0 Å². The first-order valence-electron chi connectivity index (χ1n) is 10.0. The molecule has 1 atom stereocenters. The molecular weight excluding hydrogens is 467 g/mol. The predicted molar refractivity (Wildman–Crippen MR) is 127 cm³/mol. The Balaban J connectivity index is 0.00000729. The van der Waals surface area contributed by atoms with Gasteiger partial charge in [0.15, 0.2) is 5.96 Å². The lowest BCUT2D eigenvalue weighted by Crippen LogP contribution is -2.44. The normalized spacial score (nSPS) is 12.3. The SMILES string of the molecule is CCCCC(CC)CNC(=NCc1c(C)nn(C)c1C)NCC(=O)N(C)C.I. The summed E-state index contributed by atoms with van der Waals surface area (Å²) < 4.78 is 1.88. The minimum absolute atomic E-state index is 0. The highest BCUT2D eigenvalue weighted by Gasteiger charge is 2.12. The van der Waals surface area contributed by atoms with Gasteiger partial charge in [-0.3, -0.25) is 9.48 Å². The summed E-state index contributed by atoms with van der Waals surface area (Å²) in [6.07, 6.45) is 4.81. The molecule has 1 heterocycles. The van der Waals surface area contributed by atoms with Crippen LogP contribution in [0, 0.1) is 19.8 Å². The zero-order chi connectivity index (χ0) is 20.4. The van der Waals surface area contributed by atoms with Crippen molar-refractivity contribution in [3.63, 3.8) is 0 Å². The number of aliphatic imine (C=N–C) groups is 1. The van der Waals surface area contributed by atoms with Gasteiger partial charge >= 0.3 is 0 Å². The fourth-order valence-electron chi connectivity index (χ4n) is 2.88. The number of carbonyl (C=O) groups is 1. The Kier molecular flexibility index (Phi) is 13.1. The molecule has 8 heteroatoms. The summed E-state index contributed by atoms with van der Waals surface area (Å²) in [5.41, 5.74) is 3.25. The molecule has 0 radical (unpaired) electrons. The molecule has 1 aromatic heterocycles. The maximum absolute atomic E-state index is 11.9. The van der Waals surface area contributed by atoms with Crippen LogP contribution in [0.5, 0.6) is 0 Å². The van der Waals surface area contributed by atoms with Crippen molar-refractivity contribution >= 4 is 35.8 Å². The number of unbranched alkanes of at least 4 members (excludes halogenated alkanes) is 1. The molecule has 2 N–H and O–H groups in total. The molecule has 1 amide bonds. The number of aromatic nitrogens is 2. The summed E-state index contributed by atoms with van der Waals surface area (Å²) in [4.78, 5) is 18.2. The Morgan fingerprint density at radius 3 is 2.43 bits per heavy atom. The quantitative estimate of drug-likeness (QED) is 0.291. The summed E-state index contributed by atoms with van der Waals surface area (Å²) in [6.45, 7) is 10.1. The monoisotopic (exact) mass is 506 g/mol. The standard InChI is InChI=1S/C20H38N6O.HI/c1-8-10-11-17(9-2)12-21-20(23-14-19(27)25(5)6)22-13-18-15(3)24-26(7)16(18)4;/h17H,8-14H2,1-7H3,(H2,21,22,23);1H. The minimum Gasteiger partial charge on any atom is -0.356 e. The van der Waals surface area contributed by atoms with Gasteiger partial charge in [-0.05, 0) is 26.2 Å². The number of hydrogen-bond acceptors (Lipinski definition) is 3. The Bertz CT molecular complexity index is 626. The number of likely N-dealkylation sites (N-methyl/N-ethyl adjacent to an activating group) is 1. The maximum Gasteiger partial charge on any atom is 0.241 e. The van der Waals surface area contributed by atoms with Crippen LogP contribution in [0.25, 0.3) is 0 Å². The second-order valence-corrected chi connectivity index (χ2v) is 7.38. The first-order valence-corrected chi connectivity index (χ1v) is 10.0. The van der Waals surface area contributed by atoms with Crippen LogP contribution in [0.15, 0.2) is 4.99 Å². The Hall–Kier alpha value is -1.32. The van der Waals surface area contributed by atoms with Crippen molar-refractivity contribution in [2.75, 3.05) is 27.2 Å². The highest BCUT2D eigenvalue weighted by Crippen LogP contribution is 2.13. The lowest BCUT2D eigenvalue weighted by Gasteiger charge is -2.19. The summed E-state index contributed by atoms with van der Waals surface area (Å²) in [5, 5.41) is 11.1. The van der Waals surface area contributed by atoms with Crippen molar-refractivity contribution in [3.05, 3.63) is 17.0 Å². The number of nitrogens with zero attached hydrogens (tertiary/aromatic N) is 4. The first kappa shape index (κ1) is 26.7. The minimum atomic E-state index is 0. The first-order chi connectivity index (χ1) is 12.8. The van der Waals surface area contributed by atoms with Crippen molar-refractivity contribution in [1.29, 1.82) is 0 Å². The molecule has 0 aliphatic carbocycles. The van der Waals surface area contributed by atoms with E-state index in [1.165, 1.54) is 19.3 Å². The van der Waals surface area contributed by atoms with E-state index in [1.807, 2.05) is 18.7 Å². The highest BCUT2D eigenvalue weighted by atomic mass is 127. The Morgan fingerprint density at radius 1 is 1.25 bits per heavy atom. The average molecular weight is 506 g/mol. The zero-order valence-electron chi connectivity index (χ0n) is 18.6. The molecular formula is C20H39IN6O. The van der Waals surface area contributed by atoms with Crippen LogP contribution in [0.3, 0.4) is 0 Å². The summed E-state index contributed by atoms with van der Waals surface area (Å²) in [5.74, 6) is 1.32. The van der Waals surface area contributed by atoms with E-state index < -0.39 is 0 Å². The summed E-state index contributed by atoms with van der Waals surface area (Å²) >= 11 is 0. The lowest BCUT2D eigenvalue weighted by molar-refractivity contribution is -0.127. The van der Waals surface area contributed by atoms with Crippen LogP contribution in [0.1, 0.15) is 56.5 Å². The Labute approximate surface area is 187 Å². The third kappa shape index (κ3) is 8.79. The molecule has 0 spiro atoms. The lowest BCUT2D eigenvalue weighted by atomic mass is 9.99. The predicted octanol–water partition coefficient (Wildman–Crippen LogP) is 2.99. The van der Waals surface area contributed by atoms with Gasteiger partial charge in [0.05, 0.1) is 18.8 Å². The van der Waals surface area contributed by atoms with Crippen molar-refractivity contribution in [2.24, 2.45) is 18.0 Å². The van der Waals surface area contributed by atoms with Crippen LogP contribution in [-0.4, -0.2) is 53.7 Å². The van der Waals surface area contributed by atoms with Crippen molar-refractivity contribution in [3.8, 4) is 0 Å². The van der Waals surface area contributed by atoms with E-state index in [4.69, 9.17) is 4.99 Å². The van der Waals surface area contributed by atoms with Gasteiger partial charge in [0.2, 0.25) is 5.91 Å². The van der Waals surface area contributed by atoms with E-state index in [-0.39, 0.29) is 36.4 Å². The fourth-order valence-corrected chi connectivity index (χ4v) is 2.88. The largest absolute Gasteiger partial charge is 0.356 e. The second kappa shape index (κ2) is 13.8. The molecule has 0 aromatic carbocycles. The molecule has 0 fully saturated rings. The molecule has 1 rings (SSSR count). The number of aryl methyl sites for hydroxylation is 2. The smallest absolute Gasteiger partial charge is 0.241 e. The van der Waals surface area contributed by atoms with E-state index >= 15 is 0 Å². The van der Waals surface area contributed by atoms with Gasteiger partial charge in [0.25, 0.3) is 0 Å². The number of rotatable bonds is 10. The van der Waals surface area contributed by atoms with Gasteiger partial charge in [0.1, 0.15) is 0 Å². The average Bonchev–Trinajstić information content (AvgIpc) is 2.88. The molecule has 162 valence electrons. The van der Waals surface area contributed by atoms with Crippen LogP contribution in [-0.2, 0) is 18.4 Å². The van der Waals surface area contributed by atoms with Gasteiger partial charge in [-0.15, -0.1) is 24.0 Å². The second-order valence-electron chi connectivity index (χ2n) is 7.38. The van der Waals surface area contributed by atoms with E-state index in [0.29, 0.717) is 18.4 Å². The Morgan fingerprint density at radius 2 is 1.93 bits per heavy atom. The van der Waals surface area contributed by atoms with Crippen molar-refractivity contribution in [1.82, 2.24) is 25.3 Å². The molecule has 0 aliphatic heterocycles. The van der Waals surface area contributed by atoms with Gasteiger partial charge in [-0.25, -0.2) is 4.99 Å². The van der Waals surface area contributed by atoms with E-state index in [0.717, 1.165) is 29.9 Å². The third-order valence-electron chi connectivity index (χ3n) is 5.06. The molecule has 0 saturated carbocycles. The van der Waals surface area contributed by atoms with E-state index in [2.05, 4.69) is 36.5 Å². The third-order valence-corrected chi connectivity index (χ3v) is 5.06. The van der Waals surface area contributed by atoms with Gasteiger partial charge < -0.3 is 15.5 Å². The molecule has 0 aliphatic rings. The summed E-state index contributed by atoms with van der Waals surface area (Å²) in [7, 11) is 5.46. The number of guanidine groups is 1. The maximum atomic E-state index is 11.9. The van der Waals surface area contributed by atoms with Crippen molar-refractivity contribution in [2.45, 2.75) is 59.9 Å². The fraction of sp³-hybridized carbons (Fsp3) is 0.750. The van der Waals surface area contributed by atoms with Gasteiger partial charge in [0, 0.05) is 38.9 Å². The number of halogens is 1. The van der Waals surface area contributed by atoms with E-state index in [1.54, 1.807) is 19.0 Å². The highest BCUT2D eigenvalue weighted by molar-refractivity contribution is 14.0. The molecule has 28 heavy (non-hydrogen) atoms. The zero-order valence-corrected chi connectivity index (χ0v) is 21.0. The molecule has 0 bridgehead atoms. The number of carbonyl (C=O) groups excluding carboxylic acids is 1. The molecule has 0 saturated heterocycles. The topological polar surface area (TPSA) is 74.5 Å².